The standard InChI is InChI=1S/C64H76N8O9/c1-35(2)55(61(78)69-32-44(73)25-53(69)58(75)67-37(5)47-22-20-40(24-52(47)64(10,11)12)50-34-80-68-38(50)6)72-31-43-19-21-45(26-49(43)60(72)77)81-46-27-54(57(74)66-29-41-18-17-39(28-65)23-51(41)63(7,8)9)70(33-46)62(79)56(36(3)4)71-30-42-15-13-14-16-48(42)59(71)76/h13-24,26,34-37,44,46,53-56,73H,25,27,29-33H2,1-12H3,(H,66,74)(H,67,75). The van der Waals surface area contributed by atoms with Crippen molar-refractivity contribution in [2.45, 2.75) is 169 Å². The third-order valence-electron chi connectivity index (χ3n) is 16.5. The Kier molecular flexibility index (Phi) is 16.1. The normalized spacial score (nSPS) is 20.1. The van der Waals surface area contributed by atoms with Crippen LogP contribution in [0.4, 0.5) is 0 Å². The number of carbonyl (C=O) groups excluding carboxylic acids is 6. The number of aromatic nitrogens is 1. The number of likely N-dealkylation sites (tertiary alicyclic amines) is 2. The van der Waals surface area contributed by atoms with Gasteiger partial charge in [-0.3, -0.25) is 28.8 Å². The van der Waals surface area contributed by atoms with E-state index >= 15 is 4.79 Å². The number of ether oxygens (including phenoxy) is 1. The Hall–Kier alpha value is -7.84. The first-order valence-corrected chi connectivity index (χ1v) is 28.2. The minimum atomic E-state index is -0.989. The van der Waals surface area contributed by atoms with E-state index in [1.807, 2.05) is 98.7 Å². The molecule has 5 aromatic rings. The molecule has 2 saturated heterocycles. The SMILES string of the molecule is Cc1nocc1-c1ccc(C(C)NC(=O)C2CC(O)CN2C(=O)C(C(C)C)N2Cc3ccc(OC4CC(C(=O)NCc5ccc(C#N)cc5C(C)(C)C)N(C(=O)C(C(C)C)N5Cc6ccccc6C5=O)C4)cc3C2=O)c(C(C)(C)C)c1. The van der Waals surface area contributed by atoms with Crippen LogP contribution in [0.1, 0.15) is 160 Å². The van der Waals surface area contributed by atoms with Gasteiger partial charge in [-0.2, -0.15) is 5.26 Å². The van der Waals surface area contributed by atoms with Gasteiger partial charge in [-0.05, 0) is 106 Å². The summed E-state index contributed by atoms with van der Waals surface area (Å²) in [5.41, 5.74) is 8.49. The van der Waals surface area contributed by atoms with Crippen molar-refractivity contribution < 1.29 is 43.1 Å². The molecule has 17 nitrogen and oxygen atoms in total. The van der Waals surface area contributed by atoms with Gasteiger partial charge in [0.25, 0.3) is 11.8 Å². The van der Waals surface area contributed by atoms with Gasteiger partial charge >= 0.3 is 0 Å². The summed E-state index contributed by atoms with van der Waals surface area (Å²) in [6.45, 7) is 24.1. The van der Waals surface area contributed by atoms with Crippen LogP contribution >= 0.6 is 0 Å². The van der Waals surface area contributed by atoms with Crippen LogP contribution in [0.15, 0.2) is 89.6 Å². The van der Waals surface area contributed by atoms with Gasteiger partial charge in [-0.25, -0.2) is 0 Å². The summed E-state index contributed by atoms with van der Waals surface area (Å²) >= 11 is 0. The van der Waals surface area contributed by atoms with Crippen LogP contribution < -0.4 is 15.4 Å². The number of benzene rings is 4. The molecule has 4 aromatic carbocycles. The molecule has 4 aliphatic rings. The molecule has 0 saturated carbocycles. The summed E-state index contributed by atoms with van der Waals surface area (Å²) < 4.78 is 11.9. The third kappa shape index (κ3) is 11.6. The average molecular weight is 1100 g/mol. The third-order valence-corrected chi connectivity index (χ3v) is 16.5. The predicted molar refractivity (Wildman–Crippen MR) is 304 cm³/mol. The molecule has 6 amide bonds. The average Bonchev–Trinajstić information content (AvgIpc) is 4.35. The van der Waals surface area contributed by atoms with Crippen molar-refractivity contribution in [1.82, 2.24) is 35.4 Å². The molecule has 426 valence electrons. The number of nitrogens with zero attached hydrogens (tertiary/aromatic N) is 6. The number of hydrogen-bond acceptors (Lipinski definition) is 11. The van der Waals surface area contributed by atoms with E-state index in [2.05, 4.69) is 48.7 Å². The van der Waals surface area contributed by atoms with Crippen molar-refractivity contribution in [3.05, 3.63) is 141 Å². The minimum Gasteiger partial charge on any atom is -0.488 e. The first-order valence-electron chi connectivity index (χ1n) is 28.2. The van der Waals surface area contributed by atoms with Crippen LogP contribution in [0.5, 0.6) is 5.75 Å². The molecule has 81 heavy (non-hydrogen) atoms. The van der Waals surface area contributed by atoms with Crippen molar-refractivity contribution in [1.29, 1.82) is 5.26 Å². The number of nitrogens with one attached hydrogen (secondary N) is 2. The van der Waals surface area contributed by atoms with Gasteiger partial charge in [0.05, 0.1) is 36.0 Å². The number of carbonyl (C=O) groups is 6. The number of nitriles is 1. The largest absolute Gasteiger partial charge is 0.488 e. The molecule has 3 N–H and O–H groups in total. The van der Waals surface area contributed by atoms with Crippen molar-refractivity contribution in [3.63, 3.8) is 0 Å². The topological polar surface area (TPSA) is 219 Å². The molecule has 0 spiro atoms. The number of β-amino-alcohol motifs (C(OH)–C–C–N with tert-alkyl or cyclic N) is 1. The molecule has 2 fully saturated rings. The van der Waals surface area contributed by atoms with E-state index in [0.29, 0.717) is 28.0 Å². The van der Waals surface area contributed by atoms with Crippen LogP contribution in [0, 0.1) is 30.1 Å². The van der Waals surface area contributed by atoms with Gasteiger partial charge in [-0.1, -0.05) is 123 Å². The predicted octanol–water partition coefficient (Wildman–Crippen LogP) is 8.28. The summed E-state index contributed by atoms with van der Waals surface area (Å²) in [4.78, 5) is 93.4. The molecule has 0 bridgehead atoms. The van der Waals surface area contributed by atoms with Gasteiger partial charge in [0.2, 0.25) is 23.6 Å². The lowest BCUT2D eigenvalue weighted by molar-refractivity contribution is -0.143. The second kappa shape index (κ2) is 22.6. The van der Waals surface area contributed by atoms with Crippen LogP contribution in [-0.2, 0) is 49.6 Å². The fraction of sp³-hybridized carbons (Fsp3) is 0.469. The van der Waals surface area contributed by atoms with Gasteiger partial charge in [-0.15, -0.1) is 0 Å². The van der Waals surface area contributed by atoms with E-state index in [0.717, 1.165) is 44.6 Å². The van der Waals surface area contributed by atoms with Crippen molar-refractivity contribution in [3.8, 4) is 22.9 Å². The molecule has 5 heterocycles. The lowest BCUT2D eigenvalue weighted by Crippen LogP contribution is -2.55. The van der Waals surface area contributed by atoms with Crippen molar-refractivity contribution in [2.24, 2.45) is 11.8 Å². The number of hydrogen-bond donors (Lipinski definition) is 3. The Bertz CT molecular complexity index is 3330. The van der Waals surface area contributed by atoms with Crippen LogP contribution in [0.25, 0.3) is 11.1 Å². The zero-order chi connectivity index (χ0) is 58.6. The summed E-state index contributed by atoms with van der Waals surface area (Å²) in [5, 5.41) is 31.0. The maximum Gasteiger partial charge on any atom is 0.255 e. The van der Waals surface area contributed by atoms with Crippen LogP contribution in [0.2, 0.25) is 0 Å². The highest BCUT2D eigenvalue weighted by Crippen LogP contribution is 2.38. The Morgan fingerprint density at radius 3 is 1.96 bits per heavy atom. The number of rotatable bonds is 15. The minimum absolute atomic E-state index is 0.0171. The van der Waals surface area contributed by atoms with Crippen LogP contribution in [-0.4, -0.2) is 115 Å². The smallest absolute Gasteiger partial charge is 0.255 e. The number of amides is 6. The number of aliphatic hydroxyl groups is 1. The maximum atomic E-state index is 15.0. The first-order chi connectivity index (χ1) is 38.2. The lowest BCUT2D eigenvalue weighted by Gasteiger charge is -2.35. The summed E-state index contributed by atoms with van der Waals surface area (Å²) in [7, 11) is 0. The highest BCUT2D eigenvalue weighted by Gasteiger charge is 2.49. The number of aryl methyl sites for hydroxylation is 1. The number of fused-ring (bicyclic) bond motifs is 2. The first kappa shape index (κ1) is 57.8. The molecule has 17 heteroatoms. The van der Waals surface area contributed by atoms with E-state index in [1.54, 1.807) is 47.6 Å². The second-order valence-electron chi connectivity index (χ2n) is 25.1. The van der Waals surface area contributed by atoms with Gasteiger partial charge in [0, 0.05) is 55.7 Å². The fourth-order valence-electron chi connectivity index (χ4n) is 12.4. The highest BCUT2D eigenvalue weighted by molar-refractivity contribution is 6.03. The summed E-state index contributed by atoms with van der Waals surface area (Å²) in [6, 6.07) is 21.8. The Labute approximate surface area is 475 Å². The zero-order valence-corrected chi connectivity index (χ0v) is 48.6. The van der Waals surface area contributed by atoms with E-state index < -0.39 is 66.0 Å². The molecule has 1 aromatic heterocycles. The monoisotopic (exact) mass is 1100 g/mol. The lowest BCUT2D eigenvalue weighted by atomic mass is 9.80. The molecule has 7 atom stereocenters. The Morgan fingerprint density at radius 1 is 0.741 bits per heavy atom. The zero-order valence-electron chi connectivity index (χ0n) is 48.6. The Morgan fingerprint density at radius 2 is 1.36 bits per heavy atom. The highest BCUT2D eigenvalue weighted by atomic mass is 16.5. The molecular weight excluding hydrogens is 1020 g/mol. The summed E-state index contributed by atoms with van der Waals surface area (Å²) in [6.07, 6.45) is 0.109. The fourth-order valence-corrected chi connectivity index (χ4v) is 12.4. The van der Waals surface area contributed by atoms with Gasteiger partial charge < -0.3 is 44.6 Å². The van der Waals surface area contributed by atoms with Crippen molar-refractivity contribution >= 4 is 35.4 Å². The molecule has 0 aliphatic carbocycles. The quantitative estimate of drug-likeness (QED) is 0.0906. The molecule has 0 radical (unpaired) electrons. The van der Waals surface area contributed by atoms with Gasteiger partial charge in [0.15, 0.2) is 0 Å². The second-order valence-corrected chi connectivity index (χ2v) is 25.1. The van der Waals surface area contributed by atoms with Crippen molar-refractivity contribution in [2.75, 3.05) is 13.1 Å². The van der Waals surface area contributed by atoms with E-state index in [9.17, 15) is 34.3 Å². The Balaban J connectivity index is 0.921. The molecule has 7 unspecified atom stereocenters. The number of aliphatic hydroxyl groups excluding tert-OH is 1. The van der Waals surface area contributed by atoms with Crippen LogP contribution in [0.3, 0.4) is 0 Å². The van der Waals surface area contributed by atoms with E-state index in [4.69, 9.17) is 9.26 Å². The van der Waals surface area contributed by atoms with E-state index in [1.165, 1.54) is 14.7 Å². The van der Waals surface area contributed by atoms with E-state index in [-0.39, 0.29) is 80.0 Å². The summed E-state index contributed by atoms with van der Waals surface area (Å²) in [5.74, 6) is -2.64. The van der Waals surface area contributed by atoms with Gasteiger partial charge in [0.1, 0.15) is 42.3 Å². The molecule has 9 rings (SSSR count). The molecular formula is C64H76N8O9. The maximum absolute atomic E-state index is 15.0. The molecule has 4 aliphatic heterocycles.